The predicted octanol–water partition coefficient (Wildman–Crippen LogP) is 1.42. The van der Waals surface area contributed by atoms with Crippen molar-refractivity contribution in [2.24, 2.45) is 5.73 Å². The highest BCUT2D eigenvalue weighted by molar-refractivity contribution is 5.29. The fraction of sp³-hybridized carbons (Fsp3) is 0.571. The topological polar surface area (TPSA) is 47.7 Å². The maximum atomic E-state index is 5.93. The lowest BCUT2D eigenvalue weighted by Crippen LogP contribution is -2.32. The van der Waals surface area contributed by atoms with Crippen molar-refractivity contribution in [3.05, 3.63) is 29.8 Å². The van der Waals surface area contributed by atoms with Crippen molar-refractivity contribution < 1.29 is 9.47 Å². The first-order chi connectivity index (χ1) is 8.78. The Morgan fingerprint density at radius 2 is 2.06 bits per heavy atom. The van der Waals surface area contributed by atoms with Crippen molar-refractivity contribution in [3.8, 4) is 5.75 Å². The molecule has 0 aliphatic carbocycles. The summed E-state index contributed by atoms with van der Waals surface area (Å²) in [5, 5.41) is 0. The van der Waals surface area contributed by atoms with Crippen molar-refractivity contribution in [1.29, 1.82) is 0 Å². The molecule has 0 radical (unpaired) electrons. The van der Waals surface area contributed by atoms with Gasteiger partial charge in [0.2, 0.25) is 0 Å². The normalized spacial score (nSPS) is 22.1. The van der Waals surface area contributed by atoms with Crippen LogP contribution < -0.4 is 10.5 Å². The summed E-state index contributed by atoms with van der Waals surface area (Å²) in [5.74, 6) is 0.880. The maximum absolute atomic E-state index is 5.93. The van der Waals surface area contributed by atoms with Crippen molar-refractivity contribution in [2.45, 2.75) is 18.6 Å². The molecule has 2 unspecified atom stereocenters. The highest BCUT2D eigenvalue weighted by Gasteiger charge is 2.28. The van der Waals surface area contributed by atoms with Gasteiger partial charge in [-0.3, -0.25) is 4.90 Å². The Labute approximate surface area is 109 Å². The number of hydrogen-bond acceptors (Lipinski definition) is 4. The number of likely N-dealkylation sites (tertiary alicyclic amines) is 1. The van der Waals surface area contributed by atoms with E-state index in [9.17, 15) is 0 Å². The molecule has 2 N–H and O–H groups in total. The van der Waals surface area contributed by atoms with Gasteiger partial charge < -0.3 is 15.2 Å². The maximum Gasteiger partial charge on any atom is 0.118 e. The van der Waals surface area contributed by atoms with Gasteiger partial charge in [-0.2, -0.15) is 0 Å². The summed E-state index contributed by atoms with van der Waals surface area (Å²) in [6.45, 7) is 2.64. The third-order valence-electron chi connectivity index (χ3n) is 3.67. The van der Waals surface area contributed by atoms with E-state index in [0.29, 0.717) is 12.6 Å². The van der Waals surface area contributed by atoms with E-state index in [2.05, 4.69) is 17.0 Å². The second kappa shape index (κ2) is 6.18. The SMILES string of the molecule is COc1ccc(C(CN)N2CCC(OC)C2)cc1. The largest absolute Gasteiger partial charge is 0.497 e. The Bertz CT molecular complexity index is 367. The lowest BCUT2D eigenvalue weighted by molar-refractivity contribution is 0.101. The Kier molecular flexibility index (Phi) is 4.58. The molecular weight excluding hydrogens is 228 g/mol. The first kappa shape index (κ1) is 13.3. The van der Waals surface area contributed by atoms with Crippen molar-refractivity contribution in [3.63, 3.8) is 0 Å². The van der Waals surface area contributed by atoms with Crippen LogP contribution in [-0.2, 0) is 4.74 Å². The Morgan fingerprint density at radius 3 is 2.56 bits per heavy atom. The highest BCUT2D eigenvalue weighted by Crippen LogP contribution is 2.26. The van der Waals surface area contributed by atoms with E-state index in [4.69, 9.17) is 15.2 Å². The van der Waals surface area contributed by atoms with Gasteiger partial charge in [-0.1, -0.05) is 12.1 Å². The van der Waals surface area contributed by atoms with Crippen LogP contribution in [-0.4, -0.2) is 44.9 Å². The molecule has 2 atom stereocenters. The number of nitrogens with two attached hydrogens (primary N) is 1. The van der Waals surface area contributed by atoms with Gasteiger partial charge in [-0.25, -0.2) is 0 Å². The quantitative estimate of drug-likeness (QED) is 0.858. The molecule has 1 heterocycles. The molecule has 100 valence electrons. The average Bonchev–Trinajstić information content (AvgIpc) is 2.89. The summed E-state index contributed by atoms with van der Waals surface area (Å²) in [5.41, 5.74) is 7.17. The van der Waals surface area contributed by atoms with E-state index >= 15 is 0 Å². The highest BCUT2D eigenvalue weighted by atomic mass is 16.5. The predicted molar refractivity (Wildman–Crippen MR) is 71.8 cm³/mol. The molecule has 0 saturated carbocycles. The molecule has 0 spiro atoms. The lowest BCUT2D eigenvalue weighted by atomic mass is 10.1. The number of rotatable bonds is 5. The van der Waals surface area contributed by atoms with Gasteiger partial charge in [0.1, 0.15) is 5.75 Å². The van der Waals surface area contributed by atoms with Crippen LogP contribution in [0.3, 0.4) is 0 Å². The van der Waals surface area contributed by atoms with Crippen LogP contribution in [0, 0.1) is 0 Å². The molecule has 1 aromatic carbocycles. The molecule has 1 aliphatic heterocycles. The van der Waals surface area contributed by atoms with E-state index in [-0.39, 0.29) is 6.04 Å². The number of ether oxygens (including phenoxy) is 2. The van der Waals surface area contributed by atoms with Crippen molar-refractivity contribution in [1.82, 2.24) is 4.90 Å². The van der Waals surface area contributed by atoms with Gasteiger partial charge in [-0.15, -0.1) is 0 Å². The third kappa shape index (κ3) is 2.83. The smallest absolute Gasteiger partial charge is 0.118 e. The van der Waals surface area contributed by atoms with E-state index < -0.39 is 0 Å². The first-order valence-corrected chi connectivity index (χ1v) is 6.39. The fourth-order valence-corrected chi connectivity index (χ4v) is 2.55. The Morgan fingerprint density at radius 1 is 1.33 bits per heavy atom. The van der Waals surface area contributed by atoms with Crippen molar-refractivity contribution in [2.75, 3.05) is 33.9 Å². The summed E-state index contributed by atoms with van der Waals surface area (Å²) in [6.07, 6.45) is 1.43. The zero-order valence-corrected chi connectivity index (χ0v) is 11.1. The van der Waals surface area contributed by atoms with Gasteiger partial charge in [0.05, 0.1) is 13.2 Å². The molecule has 1 aromatic rings. The van der Waals surface area contributed by atoms with E-state index in [0.717, 1.165) is 25.3 Å². The fourth-order valence-electron chi connectivity index (χ4n) is 2.55. The number of methoxy groups -OCH3 is 2. The molecule has 0 amide bonds. The standard InChI is InChI=1S/C14H22N2O2/c1-17-12-5-3-11(4-6-12)14(9-15)16-8-7-13(10-16)18-2/h3-6,13-14H,7-10,15H2,1-2H3. The van der Waals surface area contributed by atoms with E-state index in [1.54, 1.807) is 14.2 Å². The summed E-state index contributed by atoms with van der Waals surface area (Å²) in [7, 11) is 3.46. The zero-order valence-electron chi connectivity index (χ0n) is 11.1. The summed E-state index contributed by atoms with van der Waals surface area (Å²) in [6, 6.07) is 8.44. The molecule has 2 rings (SSSR count). The number of benzene rings is 1. The van der Waals surface area contributed by atoms with Gasteiger partial charge in [0, 0.05) is 32.8 Å². The molecule has 1 saturated heterocycles. The monoisotopic (exact) mass is 250 g/mol. The second-order valence-corrected chi connectivity index (χ2v) is 4.67. The molecule has 4 nitrogen and oxygen atoms in total. The van der Waals surface area contributed by atoms with Crippen molar-refractivity contribution >= 4 is 0 Å². The third-order valence-corrected chi connectivity index (χ3v) is 3.67. The lowest BCUT2D eigenvalue weighted by Gasteiger charge is -2.27. The van der Waals surface area contributed by atoms with Crippen LogP contribution in [0.4, 0.5) is 0 Å². The summed E-state index contributed by atoms with van der Waals surface area (Å²) >= 11 is 0. The van der Waals surface area contributed by atoms with E-state index in [1.165, 1.54) is 5.56 Å². The molecular formula is C14H22N2O2. The van der Waals surface area contributed by atoms with Gasteiger partial charge in [-0.05, 0) is 24.1 Å². The first-order valence-electron chi connectivity index (χ1n) is 6.39. The van der Waals surface area contributed by atoms with Gasteiger partial charge >= 0.3 is 0 Å². The minimum Gasteiger partial charge on any atom is -0.497 e. The van der Waals surface area contributed by atoms with Crippen LogP contribution in [0.15, 0.2) is 24.3 Å². The van der Waals surface area contributed by atoms with Crippen LogP contribution in [0.5, 0.6) is 5.75 Å². The minimum absolute atomic E-state index is 0.274. The second-order valence-electron chi connectivity index (χ2n) is 4.67. The van der Waals surface area contributed by atoms with Gasteiger partial charge in [0.15, 0.2) is 0 Å². The summed E-state index contributed by atoms with van der Waals surface area (Å²) in [4.78, 5) is 2.40. The molecule has 1 fully saturated rings. The molecule has 0 bridgehead atoms. The van der Waals surface area contributed by atoms with Gasteiger partial charge in [0.25, 0.3) is 0 Å². The van der Waals surface area contributed by atoms with Crippen LogP contribution in [0.2, 0.25) is 0 Å². The average molecular weight is 250 g/mol. The number of hydrogen-bond donors (Lipinski definition) is 1. The summed E-state index contributed by atoms with van der Waals surface area (Å²) < 4.78 is 10.6. The van der Waals surface area contributed by atoms with Crippen LogP contribution in [0.1, 0.15) is 18.0 Å². The van der Waals surface area contributed by atoms with Crippen LogP contribution in [0.25, 0.3) is 0 Å². The molecule has 18 heavy (non-hydrogen) atoms. The molecule has 0 aromatic heterocycles. The molecule has 1 aliphatic rings. The zero-order chi connectivity index (χ0) is 13.0. The van der Waals surface area contributed by atoms with Crippen LogP contribution >= 0.6 is 0 Å². The number of nitrogens with zero attached hydrogens (tertiary/aromatic N) is 1. The molecule has 4 heteroatoms. The van der Waals surface area contributed by atoms with E-state index in [1.807, 2.05) is 12.1 Å². The Hall–Kier alpha value is -1.10. The Balaban J connectivity index is 2.08. The minimum atomic E-state index is 0.274.